The lowest BCUT2D eigenvalue weighted by atomic mass is 10.1. The van der Waals surface area contributed by atoms with Crippen LogP contribution in [0.3, 0.4) is 0 Å². The van der Waals surface area contributed by atoms with Gasteiger partial charge in [-0.1, -0.05) is 0 Å². The van der Waals surface area contributed by atoms with Gasteiger partial charge in [-0.25, -0.2) is 0 Å². The Balaban J connectivity index is 1.72. The van der Waals surface area contributed by atoms with E-state index in [0.29, 0.717) is 12.6 Å². The molecule has 1 aliphatic heterocycles. The SMILES string of the molecule is CC(C)(C)N1CCN(C(=O)CNC2CC2)CC1. The highest BCUT2D eigenvalue weighted by Crippen LogP contribution is 2.18. The first kappa shape index (κ1) is 12.8. The molecule has 0 spiro atoms. The standard InChI is InChI=1S/C13H25N3O/c1-13(2,3)16-8-6-15(7-9-16)12(17)10-14-11-4-5-11/h11,14H,4-10H2,1-3H3. The second kappa shape index (κ2) is 4.94. The van der Waals surface area contributed by atoms with Gasteiger partial charge >= 0.3 is 0 Å². The van der Waals surface area contributed by atoms with E-state index < -0.39 is 0 Å². The molecular formula is C13H25N3O. The predicted octanol–water partition coefficient (Wildman–Crippen LogP) is 0.681. The summed E-state index contributed by atoms with van der Waals surface area (Å²) in [6.07, 6.45) is 2.48. The van der Waals surface area contributed by atoms with Gasteiger partial charge in [0.1, 0.15) is 0 Å². The molecule has 0 aromatic carbocycles. The molecule has 98 valence electrons. The number of carbonyl (C=O) groups excluding carboxylic acids is 1. The van der Waals surface area contributed by atoms with Gasteiger partial charge in [-0.3, -0.25) is 9.69 Å². The fourth-order valence-corrected chi connectivity index (χ4v) is 2.26. The average molecular weight is 239 g/mol. The third-order valence-corrected chi connectivity index (χ3v) is 3.70. The van der Waals surface area contributed by atoms with Crippen LogP contribution in [0.2, 0.25) is 0 Å². The van der Waals surface area contributed by atoms with E-state index in [0.717, 1.165) is 26.2 Å². The summed E-state index contributed by atoms with van der Waals surface area (Å²) in [7, 11) is 0. The first-order valence-corrected chi connectivity index (χ1v) is 6.73. The highest BCUT2D eigenvalue weighted by Gasteiger charge is 2.28. The molecular weight excluding hydrogens is 214 g/mol. The van der Waals surface area contributed by atoms with Crippen LogP contribution in [0.15, 0.2) is 0 Å². The lowest BCUT2D eigenvalue weighted by Gasteiger charge is -2.42. The molecule has 0 radical (unpaired) electrons. The third-order valence-electron chi connectivity index (χ3n) is 3.70. The molecule has 0 bridgehead atoms. The Morgan fingerprint density at radius 1 is 1.18 bits per heavy atom. The molecule has 0 aromatic rings. The molecule has 2 rings (SSSR count). The van der Waals surface area contributed by atoms with Gasteiger partial charge in [0.15, 0.2) is 0 Å². The van der Waals surface area contributed by atoms with Gasteiger partial charge < -0.3 is 10.2 Å². The molecule has 2 aliphatic rings. The molecule has 1 saturated carbocycles. The number of nitrogens with zero attached hydrogens (tertiary/aromatic N) is 2. The van der Waals surface area contributed by atoms with E-state index in [4.69, 9.17) is 0 Å². The number of piperazine rings is 1. The number of amides is 1. The maximum atomic E-state index is 11.9. The van der Waals surface area contributed by atoms with Crippen molar-refractivity contribution in [3.05, 3.63) is 0 Å². The normalized spacial score (nSPS) is 22.9. The molecule has 1 saturated heterocycles. The molecule has 4 heteroatoms. The average Bonchev–Trinajstić information content (AvgIpc) is 3.09. The van der Waals surface area contributed by atoms with E-state index in [1.165, 1.54) is 12.8 Å². The van der Waals surface area contributed by atoms with Crippen molar-refractivity contribution in [1.82, 2.24) is 15.1 Å². The molecule has 1 heterocycles. The molecule has 1 amide bonds. The topological polar surface area (TPSA) is 35.6 Å². The van der Waals surface area contributed by atoms with Gasteiger partial charge in [0, 0.05) is 37.8 Å². The molecule has 0 aromatic heterocycles. The third kappa shape index (κ3) is 3.68. The summed E-state index contributed by atoms with van der Waals surface area (Å²) in [6.45, 7) is 11.0. The molecule has 2 fully saturated rings. The Kier molecular flexibility index (Phi) is 3.73. The number of carbonyl (C=O) groups is 1. The lowest BCUT2D eigenvalue weighted by molar-refractivity contribution is -0.132. The molecule has 4 nitrogen and oxygen atoms in total. The van der Waals surface area contributed by atoms with Gasteiger partial charge in [0.2, 0.25) is 5.91 Å². The molecule has 1 aliphatic carbocycles. The van der Waals surface area contributed by atoms with Gasteiger partial charge in [-0.05, 0) is 33.6 Å². The summed E-state index contributed by atoms with van der Waals surface area (Å²) in [4.78, 5) is 16.4. The highest BCUT2D eigenvalue weighted by molar-refractivity contribution is 5.78. The summed E-state index contributed by atoms with van der Waals surface area (Å²) in [5.74, 6) is 0.269. The van der Waals surface area contributed by atoms with Crippen LogP contribution in [0.1, 0.15) is 33.6 Å². The quantitative estimate of drug-likeness (QED) is 0.787. The summed E-state index contributed by atoms with van der Waals surface area (Å²) in [5, 5.41) is 3.29. The highest BCUT2D eigenvalue weighted by atomic mass is 16.2. The Hall–Kier alpha value is -0.610. The summed E-state index contributed by atoms with van der Waals surface area (Å²) >= 11 is 0. The Bertz CT molecular complexity index is 273. The van der Waals surface area contributed by atoms with Crippen molar-refractivity contribution in [2.75, 3.05) is 32.7 Å². The van der Waals surface area contributed by atoms with Crippen LogP contribution in [-0.2, 0) is 4.79 Å². The van der Waals surface area contributed by atoms with Crippen molar-refractivity contribution in [3.63, 3.8) is 0 Å². The van der Waals surface area contributed by atoms with Crippen molar-refractivity contribution in [3.8, 4) is 0 Å². The van der Waals surface area contributed by atoms with E-state index in [1.54, 1.807) is 0 Å². The fraction of sp³-hybridized carbons (Fsp3) is 0.923. The minimum atomic E-state index is 0.224. The van der Waals surface area contributed by atoms with Crippen LogP contribution in [-0.4, -0.2) is 60.0 Å². The Morgan fingerprint density at radius 2 is 1.76 bits per heavy atom. The van der Waals surface area contributed by atoms with E-state index >= 15 is 0 Å². The lowest BCUT2D eigenvalue weighted by Crippen LogP contribution is -2.55. The minimum Gasteiger partial charge on any atom is -0.339 e. The number of hydrogen-bond acceptors (Lipinski definition) is 3. The van der Waals surface area contributed by atoms with Crippen molar-refractivity contribution in [2.24, 2.45) is 0 Å². The number of rotatable bonds is 3. The molecule has 0 unspecified atom stereocenters. The van der Waals surface area contributed by atoms with Gasteiger partial charge in [0.25, 0.3) is 0 Å². The second-order valence-corrected chi connectivity index (χ2v) is 6.19. The van der Waals surface area contributed by atoms with Crippen LogP contribution >= 0.6 is 0 Å². The van der Waals surface area contributed by atoms with Gasteiger partial charge in [0.05, 0.1) is 6.54 Å². The first-order valence-electron chi connectivity index (χ1n) is 6.73. The molecule has 0 atom stereocenters. The monoisotopic (exact) mass is 239 g/mol. The van der Waals surface area contributed by atoms with Crippen molar-refractivity contribution in [1.29, 1.82) is 0 Å². The second-order valence-electron chi connectivity index (χ2n) is 6.19. The zero-order valence-corrected chi connectivity index (χ0v) is 11.3. The zero-order valence-electron chi connectivity index (χ0n) is 11.3. The van der Waals surface area contributed by atoms with Crippen LogP contribution in [0, 0.1) is 0 Å². The van der Waals surface area contributed by atoms with Crippen LogP contribution in [0.5, 0.6) is 0 Å². The van der Waals surface area contributed by atoms with E-state index in [-0.39, 0.29) is 11.4 Å². The smallest absolute Gasteiger partial charge is 0.236 e. The minimum absolute atomic E-state index is 0.224. The predicted molar refractivity (Wildman–Crippen MR) is 68.9 cm³/mol. The fourth-order valence-electron chi connectivity index (χ4n) is 2.26. The van der Waals surface area contributed by atoms with E-state index in [1.807, 2.05) is 4.90 Å². The molecule has 1 N–H and O–H groups in total. The van der Waals surface area contributed by atoms with Gasteiger partial charge in [-0.2, -0.15) is 0 Å². The maximum Gasteiger partial charge on any atom is 0.236 e. The maximum absolute atomic E-state index is 11.9. The van der Waals surface area contributed by atoms with Crippen molar-refractivity contribution in [2.45, 2.75) is 45.2 Å². The van der Waals surface area contributed by atoms with E-state index in [9.17, 15) is 4.79 Å². The Labute approximate surface area is 104 Å². The number of nitrogens with one attached hydrogen (secondary N) is 1. The first-order chi connectivity index (χ1) is 7.97. The van der Waals surface area contributed by atoms with E-state index in [2.05, 4.69) is 31.0 Å². The Morgan fingerprint density at radius 3 is 2.24 bits per heavy atom. The van der Waals surface area contributed by atoms with Crippen molar-refractivity contribution >= 4 is 5.91 Å². The number of hydrogen-bond donors (Lipinski definition) is 1. The van der Waals surface area contributed by atoms with Crippen molar-refractivity contribution < 1.29 is 4.79 Å². The van der Waals surface area contributed by atoms with Crippen LogP contribution < -0.4 is 5.32 Å². The van der Waals surface area contributed by atoms with Gasteiger partial charge in [-0.15, -0.1) is 0 Å². The van der Waals surface area contributed by atoms with Crippen LogP contribution in [0.25, 0.3) is 0 Å². The van der Waals surface area contributed by atoms with Crippen LogP contribution in [0.4, 0.5) is 0 Å². The largest absolute Gasteiger partial charge is 0.339 e. The summed E-state index contributed by atoms with van der Waals surface area (Å²) in [6, 6.07) is 0.620. The summed E-state index contributed by atoms with van der Waals surface area (Å²) < 4.78 is 0. The zero-order chi connectivity index (χ0) is 12.5. The molecule has 17 heavy (non-hydrogen) atoms. The summed E-state index contributed by atoms with van der Waals surface area (Å²) in [5.41, 5.74) is 0.224.